The van der Waals surface area contributed by atoms with E-state index >= 15 is 0 Å². The van der Waals surface area contributed by atoms with Crippen molar-refractivity contribution in [1.29, 1.82) is 0 Å². The minimum absolute atomic E-state index is 0.114. The maximum absolute atomic E-state index is 13.1. The number of hydrogen-bond donors (Lipinski definition) is 0. The third-order valence-corrected chi connectivity index (χ3v) is 5.86. The molecule has 2 aliphatic carbocycles. The smallest absolute Gasteiger partial charge is 0.123 e. The Morgan fingerprint density at radius 2 is 1.73 bits per heavy atom. The van der Waals surface area contributed by atoms with Crippen LogP contribution in [0.4, 0.5) is 4.39 Å². The summed E-state index contributed by atoms with van der Waals surface area (Å²) in [6.07, 6.45) is 15.5. The molecule has 120 valence electrons. The summed E-state index contributed by atoms with van der Waals surface area (Å²) in [5, 5.41) is 0. The molecule has 2 fully saturated rings. The summed E-state index contributed by atoms with van der Waals surface area (Å²) in [5.41, 5.74) is 1.35. The van der Waals surface area contributed by atoms with E-state index in [0.717, 1.165) is 17.8 Å². The zero-order valence-corrected chi connectivity index (χ0v) is 13.8. The predicted molar refractivity (Wildman–Crippen MR) is 91.4 cm³/mol. The Morgan fingerprint density at radius 1 is 1.00 bits per heavy atom. The van der Waals surface area contributed by atoms with Crippen LogP contribution in [0.15, 0.2) is 36.4 Å². The highest BCUT2D eigenvalue weighted by atomic mass is 19.1. The second kappa shape index (κ2) is 7.44. The molecule has 0 heterocycles. The minimum atomic E-state index is -0.114. The van der Waals surface area contributed by atoms with E-state index in [1.54, 1.807) is 12.1 Å². The zero-order chi connectivity index (χ0) is 15.4. The molecule has 1 aromatic carbocycles. The topological polar surface area (TPSA) is 0 Å². The number of fused-ring (bicyclic) bond motifs is 1. The highest BCUT2D eigenvalue weighted by molar-refractivity contribution is 5.21. The number of hydrogen-bond acceptors (Lipinski definition) is 0. The second-order valence-electron chi connectivity index (χ2n) is 7.37. The summed E-state index contributed by atoms with van der Waals surface area (Å²) in [7, 11) is 0. The van der Waals surface area contributed by atoms with E-state index in [-0.39, 0.29) is 5.82 Å². The molecule has 4 unspecified atom stereocenters. The fourth-order valence-corrected chi connectivity index (χ4v) is 4.59. The van der Waals surface area contributed by atoms with Crippen molar-refractivity contribution in [1.82, 2.24) is 0 Å². The van der Waals surface area contributed by atoms with Crippen LogP contribution in [0.2, 0.25) is 0 Å². The summed E-state index contributed by atoms with van der Waals surface area (Å²) in [5.74, 6) is 3.21. The first-order valence-corrected chi connectivity index (χ1v) is 9.18. The van der Waals surface area contributed by atoms with Gasteiger partial charge in [0.1, 0.15) is 5.82 Å². The van der Waals surface area contributed by atoms with E-state index in [0.29, 0.717) is 5.92 Å². The van der Waals surface area contributed by atoms with Gasteiger partial charge in [-0.3, -0.25) is 0 Å². The number of benzene rings is 1. The van der Waals surface area contributed by atoms with Crippen LogP contribution in [0.5, 0.6) is 0 Å². The number of rotatable bonds is 4. The molecule has 0 spiro atoms. The molecule has 4 atom stereocenters. The minimum Gasteiger partial charge on any atom is -0.207 e. The molecule has 1 heteroatoms. The summed E-state index contributed by atoms with van der Waals surface area (Å²) < 4.78 is 13.1. The fourth-order valence-electron chi connectivity index (χ4n) is 4.59. The fraction of sp³-hybridized carbons (Fsp3) is 0.619. The van der Waals surface area contributed by atoms with Crippen molar-refractivity contribution in [2.45, 2.75) is 64.2 Å². The van der Waals surface area contributed by atoms with Crippen molar-refractivity contribution in [3.05, 3.63) is 47.8 Å². The molecule has 0 N–H and O–H groups in total. The highest BCUT2D eigenvalue weighted by Gasteiger charge is 2.35. The van der Waals surface area contributed by atoms with Gasteiger partial charge in [-0.2, -0.15) is 0 Å². The first kappa shape index (κ1) is 15.8. The molecule has 0 amide bonds. The first-order chi connectivity index (χ1) is 10.8. The van der Waals surface area contributed by atoms with Crippen molar-refractivity contribution in [3.63, 3.8) is 0 Å². The zero-order valence-electron chi connectivity index (χ0n) is 13.8. The summed E-state index contributed by atoms with van der Waals surface area (Å²) in [4.78, 5) is 0. The van der Waals surface area contributed by atoms with Gasteiger partial charge in [-0.1, -0.05) is 37.6 Å². The largest absolute Gasteiger partial charge is 0.207 e. The lowest BCUT2D eigenvalue weighted by molar-refractivity contribution is 0.133. The summed E-state index contributed by atoms with van der Waals surface area (Å²) >= 11 is 0. The van der Waals surface area contributed by atoms with Crippen LogP contribution in [-0.4, -0.2) is 0 Å². The van der Waals surface area contributed by atoms with Crippen molar-refractivity contribution >= 4 is 0 Å². The average molecular weight is 300 g/mol. The molecular formula is C21H29F. The van der Waals surface area contributed by atoms with E-state index < -0.39 is 0 Å². The maximum Gasteiger partial charge on any atom is 0.123 e. The molecule has 22 heavy (non-hydrogen) atoms. The molecule has 0 bridgehead atoms. The molecule has 0 nitrogen and oxygen atoms in total. The van der Waals surface area contributed by atoms with E-state index in [1.165, 1.54) is 56.9 Å². The molecule has 3 rings (SSSR count). The molecule has 0 aromatic heterocycles. The quantitative estimate of drug-likeness (QED) is 0.558. The normalized spacial score (nSPS) is 32.1. The van der Waals surface area contributed by atoms with Crippen molar-refractivity contribution in [3.8, 4) is 0 Å². The number of allylic oxidation sites excluding steroid dienone is 2. The van der Waals surface area contributed by atoms with Crippen LogP contribution in [0, 0.1) is 23.6 Å². The maximum atomic E-state index is 13.1. The lowest BCUT2D eigenvalue weighted by Gasteiger charge is -2.41. The Hall–Kier alpha value is -1.11. The van der Waals surface area contributed by atoms with E-state index in [9.17, 15) is 4.39 Å². The van der Waals surface area contributed by atoms with Gasteiger partial charge in [0, 0.05) is 0 Å². The van der Waals surface area contributed by atoms with E-state index in [4.69, 9.17) is 0 Å². The Kier molecular flexibility index (Phi) is 5.33. The Labute approximate surface area is 134 Å². The third-order valence-electron chi connectivity index (χ3n) is 5.86. The second-order valence-corrected chi connectivity index (χ2v) is 7.37. The lowest BCUT2D eigenvalue weighted by Crippen LogP contribution is -2.30. The standard InChI is InChI=1S/C21H29F/c1-2-3-4-5-16-6-7-20-15-19(9-8-18(20)14-16)17-10-12-21(22)13-11-17/h4-5,10-13,16,18-20H,2-3,6-9,14-15H2,1H3/b5-4+. The highest BCUT2D eigenvalue weighted by Crippen LogP contribution is 2.47. The summed E-state index contributed by atoms with van der Waals surface area (Å²) in [6, 6.07) is 7.24. The molecule has 0 aliphatic heterocycles. The van der Waals surface area contributed by atoms with Crippen LogP contribution < -0.4 is 0 Å². The van der Waals surface area contributed by atoms with Crippen molar-refractivity contribution in [2.75, 3.05) is 0 Å². The number of unbranched alkanes of at least 4 members (excludes halogenated alkanes) is 1. The van der Waals surface area contributed by atoms with Gasteiger partial charge in [-0.25, -0.2) is 4.39 Å². The van der Waals surface area contributed by atoms with Gasteiger partial charge in [-0.05, 0) is 86.3 Å². The SMILES string of the molecule is CCC/C=C/C1CCC2CC(c3ccc(F)cc3)CCC2C1. The van der Waals surface area contributed by atoms with Crippen LogP contribution in [0.25, 0.3) is 0 Å². The Bertz CT molecular complexity index is 487. The third kappa shape index (κ3) is 3.80. The van der Waals surface area contributed by atoms with Crippen LogP contribution in [0.1, 0.15) is 69.8 Å². The predicted octanol–water partition coefficient (Wildman–Crippen LogP) is 6.48. The van der Waals surface area contributed by atoms with Gasteiger partial charge >= 0.3 is 0 Å². The van der Waals surface area contributed by atoms with Crippen LogP contribution >= 0.6 is 0 Å². The Balaban J connectivity index is 1.56. The van der Waals surface area contributed by atoms with Gasteiger partial charge in [0.2, 0.25) is 0 Å². The lowest BCUT2D eigenvalue weighted by atomic mass is 9.64. The molecule has 0 radical (unpaired) electrons. The van der Waals surface area contributed by atoms with Crippen LogP contribution in [-0.2, 0) is 0 Å². The van der Waals surface area contributed by atoms with Crippen molar-refractivity contribution in [2.24, 2.45) is 17.8 Å². The van der Waals surface area contributed by atoms with Gasteiger partial charge in [0.05, 0.1) is 0 Å². The van der Waals surface area contributed by atoms with Gasteiger partial charge in [0.25, 0.3) is 0 Å². The van der Waals surface area contributed by atoms with E-state index in [2.05, 4.69) is 19.1 Å². The van der Waals surface area contributed by atoms with Gasteiger partial charge in [-0.15, -0.1) is 0 Å². The average Bonchev–Trinajstić information content (AvgIpc) is 2.55. The summed E-state index contributed by atoms with van der Waals surface area (Å²) in [6.45, 7) is 2.25. The van der Waals surface area contributed by atoms with Crippen LogP contribution in [0.3, 0.4) is 0 Å². The monoisotopic (exact) mass is 300 g/mol. The van der Waals surface area contributed by atoms with Gasteiger partial charge < -0.3 is 0 Å². The molecule has 2 saturated carbocycles. The Morgan fingerprint density at radius 3 is 2.50 bits per heavy atom. The first-order valence-electron chi connectivity index (χ1n) is 9.18. The van der Waals surface area contributed by atoms with Gasteiger partial charge in [0.15, 0.2) is 0 Å². The van der Waals surface area contributed by atoms with Crippen molar-refractivity contribution < 1.29 is 4.39 Å². The number of halogens is 1. The molecule has 1 aromatic rings. The van der Waals surface area contributed by atoms with E-state index in [1.807, 2.05) is 12.1 Å². The molecule has 0 saturated heterocycles. The molecule has 2 aliphatic rings. The molecular weight excluding hydrogens is 271 g/mol.